The highest BCUT2D eigenvalue weighted by molar-refractivity contribution is 5.81. The van der Waals surface area contributed by atoms with E-state index in [1.807, 2.05) is 54.1 Å². The Hall–Kier alpha value is -5.19. The number of carbonyl (C=O) groups excluding carboxylic acids is 1. The minimum atomic E-state index is -0.179. The number of piperazine rings is 1. The molecule has 4 heterocycles. The molecule has 0 radical (unpaired) electrons. The molecule has 11 heteroatoms. The number of aryl methyl sites for hydroxylation is 1. The molecule has 0 spiro atoms. The Labute approximate surface area is 304 Å². The van der Waals surface area contributed by atoms with Crippen molar-refractivity contribution in [3.05, 3.63) is 89.4 Å². The molecule has 2 bridgehead atoms. The molecular formula is C41H48N8O3. The first-order valence-corrected chi connectivity index (χ1v) is 18.6. The highest BCUT2D eigenvalue weighted by Gasteiger charge is 2.42. The van der Waals surface area contributed by atoms with Crippen LogP contribution in [0.15, 0.2) is 78.2 Å². The predicted molar refractivity (Wildman–Crippen MR) is 204 cm³/mol. The second kappa shape index (κ2) is 13.7. The summed E-state index contributed by atoms with van der Waals surface area (Å²) < 4.78 is 9.34. The van der Waals surface area contributed by atoms with Crippen LogP contribution in [-0.4, -0.2) is 68.2 Å². The number of benzene rings is 2. The number of nitrogens with one attached hydrogen (secondary N) is 1. The zero-order valence-electron chi connectivity index (χ0n) is 30.6. The Morgan fingerprint density at radius 1 is 0.981 bits per heavy atom. The summed E-state index contributed by atoms with van der Waals surface area (Å²) >= 11 is 0. The third-order valence-electron chi connectivity index (χ3n) is 11.6. The number of hydrogen-bond donors (Lipinski definition) is 1. The van der Waals surface area contributed by atoms with Crippen molar-refractivity contribution < 1.29 is 9.53 Å². The SMILES string of the molecule is COc1cc(N2CCN(C(=O)CC3(C)CC4CC(C)CC(C4)C3)CC2)ccc1Nc1ncc2c(C)cc(=O)n(-c3cccc(-n4ccnc4)c3)c2n1. The molecule has 2 aromatic carbocycles. The van der Waals surface area contributed by atoms with Gasteiger partial charge >= 0.3 is 0 Å². The molecule has 1 N–H and O–H groups in total. The fourth-order valence-corrected chi connectivity index (χ4v) is 9.41. The largest absolute Gasteiger partial charge is 0.494 e. The summed E-state index contributed by atoms with van der Waals surface area (Å²) in [4.78, 5) is 45.0. The zero-order valence-corrected chi connectivity index (χ0v) is 30.6. The molecule has 3 aromatic heterocycles. The molecule has 1 amide bonds. The number of amides is 1. The smallest absolute Gasteiger partial charge is 0.257 e. The Morgan fingerprint density at radius 3 is 2.48 bits per heavy atom. The van der Waals surface area contributed by atoms with E-state index in [1.165, 1.54) is 32.1 Å². The molecule has 1 saturated heterocycles. The lowest BCUT2D eigenvalue weighted by Gasteiger charge is -2.48. The van der Waals surface area contributed by atoms with Crippen LogP contribution >= 0.6 is 0 Å². The number of rotatable bonds is 8. The van der Waals surface area contributed by atoms with Crippen molar-refractivity contribution >= 4 is 34.3 Å². The average Bonchev–Trinajstić information content (AvgIpc) is 3.67. The summed E-state index contributed by atoms with van der Waals surface area (Å²) in [5.41, 5.74) is 4.58. The van der Waals surface area contributed by atoms with Gasteiger partial charge in [-0.1, -0.05) is 19.9 Å². The Kier molecular flexibility index (Phi) is 8.97. The Morgan fingerprint density at radius 2 is 1.75 bits per heavy atom. The van der Waals surface area contributed by atoms with E-state index < -0.39 is 0 Å². The second-order valence-electron chi connectivity index (χ2n) is 15.7. The first-order valence-electron chi connectivity index (χ1n) is 18.6. The van der Waals surface area contributed by atoms with Crippen LogP contribution in [0.5, 0.6) is 5.75 Å². The van der Waals surface area contributed by atoms with E-state index in [2.05, 4.69) is 45.0 Å². The molecule has 1 aliphatic heterocycles. The van der Waals surface area contributed by atoms with Crippen molar-refractivity contribution in [1.29, 1.82) is 0 Å². The number of methoxy groups -OCH3 is 1. The van der Waals surface area contributed by atoms with Crippen LogP contribution in [0.4, 0.5) is 17.3 Å². The van der Waals surface area contributed by atoms with E-state index in [0.29, 0.717) is 41.0 Å². The maximum absolute atomic E-state index is 13.5. The molecule has 2 saturated carbocycles. The maximum atomic E-state index is 13.5. The topological polar surface area (TPSA) is 110 Å². The van der Waals surface area contributed by atoms with Gasteiger partial charge in [-0.25, -0.2) is 9.97 Å². The van der Waals surface area contributed by atoms with E-state index in [9.17, 15) is 9.59 Å². The fraction of sp³-hybridized carbons (Fsp3) is 0.439. The lowest BCUT2D eigenvalue weighted by Crippen LogP contribution is -2.50. The van der Waals surface area contributed by atoms with Crippen LogP contribution in [0.1, 0.15) is 57.9 Å². The van der Waals surface area contributed by atoms with Gasteiger partial charge in [0.15, 0.2) is 5.65 Å². The predicted octanol–water partition coefficient (Wildman–Crippen LogP) is 6.92. The van der Waals surface area contributed by atoms with Crippen molar-refractivity contribution in [2.45, 2.75) is 59.3 Å². The molecule has 2 unspecified atom stereocenters. The first-order chi connectivity index (χ1) is 25.1. The number of fused-ring (bicyclic) bond motifs is 3. The van der Waals surface area contributed by atoms with Gasteiger partial charge in [0.2, 0.25) is 11.9 Å². The highest BCUT2D eigenvalue weighted by atomic mass is 16.5. The van der Waals surface area contributed by atoms with Gasteiger partial charge < -0.3 is 24.4 Å². The van der Waals surface area contributed by atoms with E-state index in [4.69, 9.17) is 9.72 Å². The monoisotopic (exact) mass is 700 g/mol. The number of hydrogen-bond acceptors (Lipinski definition) is 8. The minimum absolute atomic E-state index is 0.134. The van der Waals surface area contributed by atoms with Crippen LogP contribution in [0.2, 0.25) is 0 Å². The third-order valence-corrected chi connectivity index (χ3v) is 11.6. The van der Waals surface area contributed by atoms with Crippen LogP contribution in [-0.2, 0) is 4.79 Å². The standard InChI is InChI=1S/C41H48N8O3/c1-27-16-29-19-30(17-27)23-41(3,22-29)24-38(51)47-14-12-46(13-15-47)32-8-9-35(36(21-32)52-4)44-40-43-25-34-28(2)18-37(50)49(39(34)45-40)33-7-5-6-31(20-33)48-11-10-42-26-48/h5-11,18,20-21,25-27,29-30H,12-17,19,22-24H2,1-4H3,(H,43,44,45). The fourth-order valence-electron chi connectivity index (χ4n) is 9.41. The molecule has 270 valence electrons. The normalized spacial score (nSPS) is 23.1. The van der Waals surface area contributed by atoms with Crippen molar-refractivity contribution in [3.63, 3.8) is 0 Å². The van der Waals surface area contributed by atoms with E-state index in [-0.39, 0.29) is 11.0 Å². The molecule has 52 heavy (non-hydrogen) atoms. The number of ether oxygens (including phenoxy) is 1. The van der Waals surface area contributed by atoms with Crippen LogP contribution < -0.4 is 20.5 Å². The van der Waals surface area contributed by atoms with Crippen molar-refractivity contribution in [1.82, 2.24) is 29.0 Å². The number of anilines is 3. The average molecular weight is 701 g/mol. The van der Waals surface area contributed by atoms with Gasteiger partial charge in [-0.05, 0) is 98.1 Å². The number of aromatic nitrogens is 5. The van der Waals surface area contributed by atoms with Crippen LogP contribution in [0.3, 0.4) is 0 Å². The summed E-state index contributed by atoms with van der Waals surface area (Å²) in [6.07, 6.45) is 14.2. The lowest BCUT2D eigenvalue weighted by molar-refractivity contribution is -0.135. The van der Waals surface area contributed by atoms with Gasteiger partial charge in [0.05, 0.1) is 24.8 Å². The summed E-state index contributed by atoms with van der Waals surface area (Å²) in [7, 11) is 1.65. The number of nitrogens with zero attached hydrogens (tertiary/aromatic N) is 7. The van der Waals surface area contributed by atoms with Gasteiger partial charge in [-0.15, -0.1) is 0 Å². The molecule has 2 atom stereocenters. The van der Waals surface area contributed by atoms with Crippen molar-refractivity contribution in [2.75, 3.05) is 43.5 Å². The summed E-state index contributed by atoms with van der Waals surface area (Å²) in [5, 5.41) is 4.11. The molecular weight excluding hydrogens is 653 g/mol. The van der Waals surface area contributed by atoms with Gasteiger partial charge in [-0.3, -0.25) is 14.2 Å². The summed E-state index contributed by atoms with van der Waals surface area (Å²) in [6, 6.07) is 15.4. The quantitative estimate of drug-likeness (QED) is 0.186. The van der Waals surface area contributed by atoms with Gasteiger partial charge in [0.1, 0.15) is 5.75 Å². The molecule has 11 nitrogen and oxygen atoms in total. The van der Waals surface area contributed by atoms with E-state index >= 15 is 0 Å². The van der Waals surface area contributed by atoms with Gasteiger partial charge in [0.25, 0.3) is 5.56 Å². The van der Waals surface area contributed by atoms with Gasteiger partial charge in [-0.2, -0.15) is 4.98 Å². The van der Waals surface area contributed by atoms with Crippen LogP contribution in [0, 0.1) is 30.1 Å². The van der Waals surface area contributed by atoms with Crippen molar-refractivity contribution in [2.24, 2.45) is 23.2 Å². The Bertz CT molecular complexity index is 2140. The number of pyridine rings is 1. The maximum Gasteiger partial charge on any atom is 0.257 e. The lowest BCUT2D eigenvalue weighted by atomic mass is 9.58. The number of imidazole rings is 1. The van der Waals surface area contributed by atoms with E-state index in [1.54, 1.807) is 36.5 Å². The summed E-state index contributed by atoms with van der Waals surface area (Å²) in [5.74, 6) is 3.73. The number of carbonyl (C=O) groups is 1. The molecule has 3 aliphatic rings. The van der Waals surface area contributed by atoms with Crippen molar-refractivity contribution in [3.8, 4) is 17.1 Å². The zero-order chi connectivity index (χ0) is 36.0. The molecule has 3 fully saturated rings. The third kappa shape index (κ3) is 6.76. The summed E-state index contributed by atoms with van der Waals surface area (Å²) in [6.45, 7) is 9.64. The first kappa shape index (κ1) is 33.9. The van der Waals surface area contributed by atoms with Crippen LogP contribution in [0.25, 0.3) is 22.4 Å². The van der Waals surface area contributed by atoms with Gasteiger partial charge in [0, 0.05) is 80.1 Å². The Balaban J connectivity index is 0.968. The second-order valence-corrected chi connectivity index (χ2v) is 15.7. The minimum Gasteiger partial charge on any atom is -0.494 e. The molecule has 8 rings (SSSR count). The highest BCUT2D eigenvalue weighted by Crippen LogP contribution is 2.51. The molecule has 5 aromatic rings. The molecule has 2 aliphatic carbocycles. The van der Waals surface area contributed by atoms with E-state index in [0.717, 1.165) is 66.3 Å².